The number of hydrogen-bond acceptors (Lipinski definition) is 5. The van der Waals surface area contributed by atoms with Crippen LogP contribution in [0.25, 0.3) is 0 Å². The molecule has 0 saturated carbocycles. The topological polar surface area (TPSA) is 109 Å². The quantitative estimate of drug-likeness (QED) is 0.577. The number of aromatic amines is 1. The van der Waals surface area contributed by atoms with Crippen molar-refractivity contribution in [3.63, 3.8) is 0 Å². The molecule has 0 fully saturated rings. The number of carboxylic acid groups (broad SMARTS) is 1. The average molecular weight is 305 g/mol. The first-order valence-electron chi connectivity index (χ1n) is 6.41. The van der Waals surface area contributed by atoms with E-state index in [0.717, 1.165) is 18.2 Å². The fourth-order valence-electron chi connectivity index (χ4n) is 1.84. The van der Waals surface area contributed by atoms with E-state index < -0.39 is 5.97 Å². The van der Waals surface area contributed by atoms with Gasteiger partial charge in [-0.05, 0) is 30.3 Å². The first-order valence-corrected chi connectivity index (χ1v) is 7.22. The summed E-state index contributed by atoms with van der Waals surface area (Å²) >= 11 is 1.14. The van der Waals surface area contributed by atoms with Crippen molar-refractivity contribution < 1.29 is 9.90 Å². The van der Waals surface area contributed by atoms with Crippen LogP contribution in [0.1, 0.15) is 29.4 Å². The maximum atomic E-state index is 11.6. The van der Waals surface area contributed by atoms with E-state index in [1.54, 1.807) is 12.1 Å². The molecule has 0 radical (unpaired) electrons. The summed E-state index contributed by atoms with van der Waals surface area (Å²) in [7, 11) is 0. The van der Waals surface area contributed by atoms with Crippen LogP contribution in [0.2, 0.25) is 0 Å². The van der Waals surface area contributed by atoms with E-state index in [9.17, 15) is 9.59 Å². The number of H-pyrrole nitrogens is 1. The number of aromatic carboxylic acids is 1. The van der Waals surface area contributed by atoms with E-state index in [4.69, 9.17) is 10.8 Å². The molecule has 1 aromatic heterocycles. The number of nitrogens with two attached hydrogens (primary N) is 1. The summed E-state index contributed by atoms with van der Waals surface area (Å²) in [5, 5.41) is 9.45. The average Bonchev–Trinajstić information content (AvgIpc) is 2.40. The largest absolute Gasteiger partial charge is 0.478 e. The lowest BCUT2D eigenvalue weighted by molar-refractivity contribution is 0.0698. The van der Waals surface area contributed by atoms with Crippen molar-refractivity contribution in [2.75, 3.05) is 5.73 Å². The number of nitrogens with zero attached hydrogens (tertiary/aromatic N) is 1. The van der Waals surface area contributed by atoms with Crippen molar-refractivity contribution in [1.82, 2.24) is 9.97 Å². The van der Waals surface area contributed by atoms with Gasteiger partial charge in [0.2, 0.25) is 0 Å². The van der Waals surface area contributed by atoms with Crippen molar-refractivity contribution in [2.45, 2.75) is 29.8 Å². The van der Waals surface area contributed by atoms with E-state index in [1.165, 1.54) is 12.1 Å². The zero-order valence-corrected chi connectivity index (χ0v) is 12.2. The number of nitrogen functional groups attached to an aromatic ring is 1. The zero-order valence-electron chi connectivity index (χ0n) is 11.4. The highest BCUT2D eigenvalue weighted by atomic mass is 32.2. The second-order valence-corrected chi connectivity index (χ2v) is 5.45. The van der Waals surface area contributed by atoms with Gasteiger partial charge in [0, 0.05) is 16.7 Å². The minimum atomic E-state index is -1.09. The standard InChI is InChI=1S/C14H15N3O3S/c1-2-4-8-7-11(18)17-14(16-8)21-10-6-3-5-9(12(10)15)13(19)20/h3,5-7H,2,4,15H2,1H3,(H,19,20)(H,16,17,18). The lowest BCUT2D eigenvalue weighted by Gasteiger charge is -2.08. The zero-order chi connectivity index (χ0) is 15.4. The molecule has 4 N–H and O–H groups in total. The lowest BCUT2D eigenvalue weighted by atomic mass is 10.2. The summed E-state index contributed by atoms with van der Waals surface area (Å²) in [6, 6.07) is 6.20. The Balaban J connectivity index is 2.36. The lowest BCUT2D eigenvalue weighted by Crippen LogP contribution is -2.10. The Morgan fingerprint density at radius 3 is 2.90 bits per heavy atom. The van der Waals surface area contributed by atoms with E-state index in [-0.39, 0.29) is 16.8 Å². The summed E-state index contributed by atoms with van der Waals surface area (Å²) in [5.74, 6) is -1.09. The molecule has 0 atom stereocenters. The number of carbonyl (C=O) groups is 1. The predicted octanol–water partition coefficient (Wildman–Crippen LogP) is 2.15. The molecular formula is C14H15N3O3S. The van der Waals surface area contributed by atoms with Crippen LogP contribution in [0.5, 0.6) is 0 Å². The summed E-state index contributed by atoms with van der Waals surface area (Å²) in [4.78, 5) is 30.2. The van der Waals surface area contributed by atoms with Gasteiger partial charge in [0.15, 0.2) is 5.16 Å². The Labute approximate surface area is 125 Å². The minimum Gasteiger partial charge on any atom is -0.478 e. The normalized spacial score (nSPS) is 10.5. The Morgan fingerprint density at radius 2 is 2.24 bits per heavy atom. The summed E-state index contributed by atoms with van der Waals surface area (Å²) in [6.45, 7) is 2.00. The smallest absolute Gasteiger partial charge is 0.337 e. The van der Waals surface area contributed by atoms with E-state index in [2.05, 4.69) is 9.97 Å². The fraction of sp³-hybridized carbons (Fsp3) is 0.214. The maximum Gasteiger partial charge on any atom is 0.337 e. The minimum absolute atomic E-state index is 0.0343. The molecule has 1 aromatic carbocycles. The van der Waals surface area contributed by atoms with Gasteiger partial charge in [-0.15, -0.1) is 0 Å². The number of carboxylic acids is 1. The van der Waals surface area contributed by atoms with Crippen LogP contribution in [0, 0.1) is 0 Å². The Bertz CT molecular complexity index is 728. The first kappa shape index (κ1) is 15.1. The fourth-order valence-corrected chi connectivity index (χ4v) is 2.73. The van der Waals surface area contributed by atoms with Gasteiger partial charge in [0.1, 0.15) is 0 Å². The molecule has 0 amide bonds. The van der Waals surface area contributed by atoms with Crippen LogP contribution in [-0.4, -0.2) is 21.0 Å². The predicted molar refractivity (Wildman–Crippen MR) is 80.8 cm³/mol. The van der Waals surface area contributed by atoms with Crippen LogP contribution in [0.3, 0.4) is 0 Å². The third kappa shape index (κ3) is 3.63. The summed E-state index contributed by atoms with van der Waals surface area (Å²) in [5.41, 5.74) is 6.52. The second kappa shape index (κ2) is 6.45. The Kier molecular flexibility index (Phi) is 4.64. The number of nitrogens with one attached hydrogen (secondary N) is 1. The molecule has 1 heterocycles. The third-order valence-electron chi connectivity index (χ3n) is 2.78. The molecule has 0 bridgehead atoms. The second-order valence-electron chi connectivity index (χ2n) is 4.42. The number of benzene rings is 1. The van der Waals surface area contributed by atoms with Crippen molar-refractivity contribution >= 4 is 23.4 Å². The maximum absolute atomic E-state index is 11.6. The molecule has 2 aromatic rings. The number of aromatic nitrogens is 2. The van der Waals surface area contributed by atoms with Crippen LogP contribution < -0.4 is 11.3 Å². The summed E-state index contributed by atoms with van der Waals surface area (Å²) < 4.78 is 0. The number of para-hydroxylation sites is 1. The van der Waals surface area contributed by atoms with Crippen molar-refractivity contribution in [1.29, 1.82) is 0 Å². The molecular weight excluding hydrogens is 290 g/mol. The number of aryl methyl sites for hydroxylation is 1. The molecule has 7 heteroatoms. The molecule has 0 unspecified atom stereocenters. The highest BCUT2D eigenvalue weighted by Gasteiger charge is 2.13. The molecule has 0 aliphatic carbocycles. The number of rotatable bonds is 5. The monoisotopic (exact) mass is 305 g/mol. The van der Waals surface area contributed by atoms with Crippen LogP contribution >= 0.6 is 11.8 Å². The molecule has 0 spiro atoms. The molecule has 21 heavy (non-hydrogen) atoms. The van der Waals surface area contributed by atoms with Crippen molar-refractivity contribution in [3.05, 3.63) is 45.9 Å². The molecule has 110 valence electrons. The van der Waals surface area contributed by atoms with Gasteiger partial charge in [-0.3, -0.25) is 4.79 Å². The van der Waals surface area contributed by atoms with Gasteiger partial charge < -0.3 is 15.8 Å². The van der Waals surface area contributed by atoms with Gasteiger partial charge >= 0.3 is 5.97 Å². The third-order valence-corrected chi connectivity index (χ3v) is 3.74. The molecule has 0 aliphatic rings. The highest BCUT2D eigenvalue weighted by molar-refractivity contribution is 7.99. The molecule has 2 rings (SSSR count). The molecule has 6 nitrogen and oxygen atoms in total. The van der Waals surface area contributed by atoms with Gasteiger partial charge in [-0.25, -0.2) is 9.78 Å². The summed E-state index contributed by atoms with van der Waals surface area (Å²) in [6.07, 6.45) is 1.60. The van der Waals surface area contributed by atoms with Crippen molar-refractivity contribution in [3.8, 4) is 0 Å². The van der Waals surface area contributed by atoms with Gasteiger partial charge in [0.25, 0.3) is 5.56 Å². The van der Waals surface area contributed by atoms with E-state index in [0.29, 0.717) is 22.2 Å². The Morgan fingerprint density at radius 1 is 1.48 bits per heavy atom. The van der Waals surface area contributed by atoms with Crippen LogP contribution in [-0.2, 0) is 6.42 Å². The SMILES string of the molecule is CCCc1cc(=O)[nH]c(Sc2cccc(C(=O)O)c2N)n1. The highest BCUT2D eigenvalue weighted by Crippen LogP contribution is 2.31. The molecule has 0 saturated heterocycles. The number of hydrogen-bond donors (Lipinski definition) is 3. The Hall–Kier alpha value is -2.28. The van der Waals surface area contributed by atoms with Gasteiger partial charge in [-0.1, -0.05) is 19.4 Å². The van der Waals surface area contributed by atoms with Crippen LogP contribution in [0.4, 0.5) is 5.69 Å². The number of anilines is 1. The van der Waals surface area contributed by atoms with E-state index in [1.807, 2.05) is 6.92 Å². The van der Waals surface area contributed by atoms with Gasteiger partial charge in [-0.2, -0.15) is 0 Å². The van der Waals surface area contributed by atoms with E-state index >= 15 is 0 Å². The molecule has 0 aliphatic heterocycles. The van der Waals surface area contributed by atoms with Crippen molar-refractivity contribution in [2.24, 2.45) is 0 Å². The van der Waals surface area contributed by atoms with Gasteiger partial charge in [0.05, 0.1) is 11.3 Å². The van der Waals surface area contributed by atoms with Crippen LogP contribution in [0.15, 0.2) is 39.1 Å². The first-order chi connectivity index (χ1) is 10.0.